The molecule has 1 saturated heterocycles. The van der Waals surface area contributed by atoms with Gasteiger partial charge in [0.2, 0.25) is 17.7 Å². The summed E-state index contributed by atoms with van der Waals surface area (Å²) < 4.78 is 0. The van der Waals surface area contributed by atoms with E-state index < -0.39 is 17.9 Å². The molecule has 0 spiro atoms. The molecule has 0 radical (unpaired) electrons. The number of carbonyl (C=O) groups is 3. The number of carbonyl (C=O) groups excluding carboxylic acids is 3. The van der Waals surface area contributed by atoms with Crippen molar-refractivity contribution in [2.24, 2.45) is 11.8 Å². The van der Waals surface area contributed by atoms with Gasteiger partial charge in [0.15, 0.2) is 0 Å². The Morgan fingerprint density at radius 3 is 1.78 bits per heavy atom. The Hall–Kier alpha value is -3.44. The summed E-state index contributed by atoms with van der Waals surface area (Å²) in [4.78, 5) is 43.0. The second-order valence-corrected chi connectivity index (χ2v) is 10.3. The summed E-state index contributed by atoms with van der Waals surface area (Å²) in [5.41, 5.74) is 4.96. The highest BCUT2D eigenvalue weighted by molar-refractivity contribution is 6.33. The Morgan fingerprint density at radius 1 is 0.833 bits per heavy atom. The van der Waals surface area contributed by atoms with Crippen molar-refractivity contribution in [3.05, 3.63) is 100 Å². The minimum absolute atomic E-state index is 0.188. The average molecular weight is 499 g/mol. The van der Waals surface area contributed by atoms with Crippen molar-refractivity contribution in [2.75, 3.05) is 5.32 Å². The van der Waals surface area contributed by atoms with Gasteiger partial charge in [0.05, 0.1) is 22.5 Å². The molecule has 1 N–H and O–H groups in total. The SMILES string of the molecule is CCCC[C@H](C(=O)Nc1ccccc1Cl)N1C(=O)[C@H]2C3c4ccccc4C(c4ccccc43)[C@@H]2C1=O. The maximum Gasteiger partial charge on any atom is 0.247 e. The van der Waals surface area contributed by atoms with Crippen LogP contribution in [0.5, 0.6) is 0 Å². The highest BCUT2D eigenvalue weighted by Gasteiger charge is 2.62. The lowest BCUT2D eigenvalue weighted by Crippen LogP contribution is -2.48. The number of amides is 3. The zero-order valence-electron chi connectivity index (χ0n) is 20.0. The lowest BCUT2D eigenvalue weighted by atomic mass is 9.55. The molecular formula is C30H27ClN2O3. The number of halogens is 1. The topological polar surface area (TPSA) is 66.5 Å². The molecule has 3 aromatic rings. The molecule has 0 unspecified atom stereocenters. The summed E-state index contributed by atoms with van der Waals surface area (Å²) >= 11 is 6.28. The first-order chi connectivity index (χ1) is 17.5. The van der Waals surface area contributed by atoms with Crippen molar-refractivity contribution in [2.45, 2.75) is 44.1 Å². The van der Waals surface area contributed by atoms with Crippen molar-refractivity contribution in [1.82, 2.24) is 4.90 Å². The van der Waals surface area contributed by atoms with E-state index in [1.54, 1.807) is 24.3 Å². The maximum atomic E-state index is 14.1. The maximum absolute atomic E-state index is 14.1. The van der Waals surface area contributed by atoms with Gasteiger partial charge in [0, 0.05) is 11.8 Å². The van der Waals surface area contributed by atoms with Gasteiger partial charge in [-0.25, -0.2) is 0 Å². The molecule has 3 aromatic carbocycles. The number of anilines is 1. The number of likely N-dealkylation sites (tertiary alicyclic amines) is 1. The van der Waals surface area contributed by atoms with E-state index in [1.165, 1.54) is 4.90 Å². The minimum Gasteiger partial charge on any atom is -0.323 e. The first-order valence-electron chi connectivity index (χ1n) is 12.6. The van der Waals surface area contributed by atoms with E-state index >= 15 is 0 Å². The molecular weight excluding hydrogens is 472 g/mol. The van der Waals surface area contributed by atoms with Crippen LogP contribution >= 0.6 is 11.6 Å². The van der Waals surface area contributed by atoms with Crippen LogP contribution in [-0.4, -0.2) is 28.7 Å². The summed E-state index contributed by atoms with van der Waals surface area (Å²) in [5, 5.41) is 3.29. The van der Waals surface area contributed by atoms with Crippen LogP contribution < -0.4 is 5.32 Å². The third-order valence-corrected chi connectivity index (χ3v) is 8.39. The molecule has 36 heavy (non-hydrogen) atoms. The molecule has 7 rings (SSSR count). The number of para-hydroxylation sites is 1. The molecule has 1 heterocycles. The smallest absolute Gasteiger partial charge is 0.247 e. The summed E-state index contributed by atoms with van der Waals surface area (Å²) in [6.45, 7) is 2.03. The van der Waals surface area contributed by atoms with Crippen molar-refractivity contribution in [3.63, 3.8) is 0 Å². The Morgan fingerprint density at radius 2 is 1.31 bits per heavy atom. The van der Waals surface area contributed by atoms with E-state index in [0.717, 1.165) is 35.1 Å². The lowest BCUT2D eigenvalue weighted by molar-refractivity contribution is -0.147. The molecule has 6 heteroatoms. The number of unbranched alkanes of at least 4 members (excludes halogenated alkanes) is 1. The first-order valence-corrected chi connectivity index (χ1v) is 13.0. The molecule has 0 saturated carbocycles. The highest BCUT2D eigenvalue weighted by Crippen LogP contribution is 2.61. The Balaban J connectivity index is 1.41. The minimum atomic E-state index is -0.877. The molecule has 0 aromatic heterocycles. The van der Waals surface area contributed by atoms with Crippen molar-refractivity contribution in [3.8, 4) is 0 Å². The van der Waals surface area contributed by atoms with Gasteiger partial charge in [-0.05, 0) is 40.8 Å². The largest absolute Gasteiger partial charge is 0.323 e. The predicted octanol–water partition coefficient (Wildman–Crippen LogP) is 5.73. The van der Waals surface area contributed by atoms with Crippen molar-refractivity contribution < 1.29 is 14.4 Å². The Labute approximate surface area is 215 Å². The fraction of sp³-hybridized carbons (Fsp3) is 0.300. The second kappa shape index (κ2) is 8.90. The fourth-order valence-electron chi connectivity index (χ4n) is 6.56. The van der Waals surface area contributed by atoms with E-state index in [1.807, 2.05) is 31.2 Å². The molecule has 3 amide bonds. The van der Waals surface area contributed by atoms with E-state index in [0.29, 0.717) is 17.1 Å². The van der Waals surface area contributed by atoms with Crippen LogP contribution in [0.3, 0.4) is 0 Å². The average Bonchev–Trinajstić information content (AvgIpc) is 3.16. The molecule has 182 valence electrons. The third-order valence-electron chi connectivity index (χ3n) is 8.06. The molecule has 2 bridgehead atoms. The molecule has 4 aliphatic rings. The lowest BCUT2D eigenvalue weighted by Gasteiger charge is -2.45. The van der Waals surface area contributed by atoms with Gasteiger partial charge in [-0.3, -0.25) is 19.3 Å². The molecule has 3 atom stereocenters. The summed E-state index contributed by atoms with van der Waals surface area (Å²) in [5.74, 6) is -2.22. The standard InChI is InChI=1S/C30H27ClN2O3/c1-2-3-16-23(28(34)32-22-15-9-8-14-21(22)31)33-29(35)26-24-17-10-4-5-11-18(17)25(27(26)30(33)36)20-13-7-6-12-19(20)24/h4-15,23-27H,2-3,16H2,1H3,(H,32,34)/t23-,24?,25?,26+,27+/m1/s1. The number of hydrogen-bond donors (Lipinski definition) is 1. The van der Waals surface area contributed by atoms with Crippen LogP contribution in [0.4, 0.5) is 5.69 Å². The van der Waals surface area contributed by atoms with Gasteiger partial charge in [0.25, 0.3) is 0 Å². The van der Waals surface area contributed by atoms with E-state index in [-0.39, 0.29) is 29.6 Å². The van der Waals surface area contributed by atoms with Crippen LogP contribution in [0.15, 0.2) is 72.8 Å². The van der Waals surface area contributed by atoms with Crippen LogP contribution in [0.25, 0.3) is 0 Å². The number of nitrogens with one attached hydrogen (secondary N) is 1. The quantitative estimate of drug-likeness (QED) is 0.441. The van der Waals surface area contributed by atoms with Gasteiger partial charge in [-0.2, -0.15) is 0 Å². The Bertz CT molecular complexity index is 1270. The van der Waals surface area contributed by atoms with Crippen LogP contribution in [0, 0.1) is 11.8 Å². The zero-order valence-corrected chi connectivity index (χ0v) is 20.7. The number of nitrogens with zero attached hydrogens (tertiary/aromatic N) is 1. The van der Waals surface area contributed by atoms with Gasteiger partial charge in [0.1, 0.15) is 6.04 Å². The fourth-order valence-corrected chi connectivity index (χ4v) is 6.74. The van der Waals surface area contributed by atoms with E-state index in [9.17, 15) is 14.4 Å². The second-order valence-electron chi connectivity index (χ2n) is 9.94. The highest BCUT2D eigenvalue weighted by atomic mass is 35.5. The Kier molecular flexibility index (Phi) is 5.68. The van der Waals surface area contributed by atoms with Crippen LogP contribution in [0.2, 0.25) is 5.02 Å². The number of hydrogen-bond acceptors (Lipinski definition) is 3. The third kappa shape index (κ3) is 3.33. The van der Waals surface area contributed by atoms with Crippen molar-refractivity contribution in [1.29, 1.82) is 0 Å². The van der Waals surface area contributed by atoms with Crippen molar-refractivity contribution >= 4 is 35.0 Å². The molecule has 1 fully saturated rings. The van der Waals surface area contributed by atoms with Gasteiger partial charge in [-0.1, -0.05) is 92.0 Å². The number of imide groups is 1. The van der Waals surface area contributed by atoms with E-state index in [2.05, 4.69) is 29.6 Å². The first kappa shape index (κ1) is 23.0. The molecule has 3 aliphatic carbocycles. The van der Waals surface area contributed by atoms with Crippen LogP contribution in [-0.2, 0) is 14.4 Å². The number of benzene rings is 3. The normalized spacial score (nSPS) is 24.2. The summed E-state index contributed by atoms with van der Waals surface area (Å²) in [6.07, 6.45) is 1.99. The molecule has 1 aliphatic heterocycles. The summed E-state index contributed by atoms with van der Waals surface area (Å²) in [7, 11) is 0. The zero-order chi connectivity index (χ0) is 25.0. The van der Waals surface area contributed by atoms with Gasteiger partial charge >= 0.3 is 0 Å². The summed E-state index contributed by atoms with van der Waals surface area (Å²) in [6, 6.07) is 22.4. The number of rotatable bonds is 6. The van der Waals surface area contributed by atoms with E-state index in [4.69, 9.17) is 11.6 Å². The van der Waals surface area contributed by atoms with Gasteiger partial charge < -0.3 is 5.32 Å². The van der Waals surface area contributed by atoms with Gasteiger partial charge in [-0.15, -0.1) is 0 Å². The van der Waals surface area contributed by atoms with Crippen LogP contribution in [0.1, 0.15) is 60.3 Å². The monoisotopic (exact) mass is 498 g/mol. The predicted molar refractivity (Wildman–Crippen MR) is 139 cm³/mol. The molecule has 5 nitrogen and oxygen atoms in total.